The van der Waals surface area contributed by atoms with Crippen LogP contribution < -0.4 is 10.1 Å². The molecule has 0 amide bonds. The van der Waals surface area contributed by atoms with Crippen LogP contribution >= 0.6 is 15.9 Å². The molecule has 4 aromatic carbocycles. The fourth-order valence-corrected chi connectivity index (χ4v) is 3.53. The molecule has 0 saturated carbocycles. The minimum Gasteiger partial charge on any atom is -0.489 e. The van der Waals surface area contributed by atoms with Crippen LogP contribution in [0, 0.1) is 10.1 Å². The second kappa shape index (κ2) is 8.97. The SMILES string of the molecule is O=[N+]([O-])c1ccc(NCc2c(OCc3ccc(Br)cc3)ccc3ccccc23)cc1. The van der Waals surface area contributed by atoms with Gasteiger partial charge in [0.15, 0.2) is 0 Å². The fourth-order valence-electron chi connectivity index (χ4n) is 3.27. The molecule has 1 N–H and O–H groups in total. The zero-order valence-electron chi connectivity index (χ0n) is 16.0. The zero-order valence-corrected chi connectivity index (χ0v) is 17.6. The maximum Gasteiger partial charge on any atom is 0.269 e. The Labute approximate surface area is 182 Å². The molecule has 0 heterocycles. The number of nitrogens with zero attached hydrogens (tertiary/aromatic N) is 1. The van der Waals surface area contributed by atoms with Gasteiger partial charge in [-0.2, -0.15) is 0 Å². The molecule has 30 heavy (non-hydrogen) atoms. The first-order valence-electron chi connectivity index (χ1n) is 9.46. The molecule has 4 aromatic rings. The summed E-state index contributed by atoms with van der Waals surface area (Å²) in [4.78, 5) is 10.5. The molecule has 0 bridgehead atoms. The first-order valence-corrected chi connectivity index (χ1v) is 10.3. The summed E-state index contributed by atoms with van der Waals surface area (Å²) in [5.41, 5.74) is 3.01. The maximum atomic E-state index is 10.9. The van der Waals surface area contributed by atoms with Gasteiger partial charge in [-0.1, -0.05) is 58.4 Å². The highest BCUT2D eigenvalue weighted by Crippen LogP contribution is 2.30. The molecule has 0 aromatic heterocycles. The number of nitro benzene ring substituents is 1. The van der Waals surface area contributed by atoms with Crippen molar-refractivity contribution in [1.82, 2.24) is 0 Å². The van der Waals surface area contributed by atoms with E-state index in [0.717, 1.165) is 37.8 Å². The van der Waals surface area contributed by atoms with Gasteiger partial charge in [0, 0.05) is 34.4 Å². The van der Waals surface area contributed by atoms with Gasteiger partial charge in [-0.25, -0.2) is 0 Å². The summed E-state index contributed by atoms with van der Waals surface area (Å²) in [6.45, 7) is 1.00. The molecule has 5 nitrogen and oxygen atoms in total. The Balaban J connectivity index is 1.58. The van der Waals surface area contributed by atoms with Crippen LogP contribution in [-0.4, -0.2) is 4.92 Å². The summed E-state index contributed by atoms with van der Waals surface area (Å²) < 4.78 is 7.20. The largest absolute Gasteiger partial charge is 0.489 e. The third kappa shape index (κ3) is 4.60. The van der Waals surface area contributed by atoms with E-state index in [1.807, 2.05) is 42.5 Å². The lowest BCUT2D eigenvalue weighted by Crippen LogP contribution is -2.05. The molecule has 6 heteroatoms. The number of anilines is 1. The van der Waals surface area contributed by atoms with Crippen LogP contribution in [0.5, 0.6) is 5.75 Å². The number of nitrogens with one attached hydrogen (secondary N) is 1. The number of halogens is 1. The Kier molecular flexibility index (Phi) is 5.95. The third-order valence-electron chi connectivity index (χ3n) is 4.85. The second-order valence-corrected chi connectivity index (χ2v) is 7.75. The van der Waals surface area contributed by atoms with Gasteiger partial charge in [-0.3, -0.25) is 10.1 Å². The average Bonchev–Trinajstić information content (AvgIpc) is 2.77. The number of hydrogen-bond acceptors (Lipinski definition) is 4. The van der Waals surface area contributed by atoms with Crippen molar-refractivity contribution >= 4 is 38.1 Å². The van der Waals surface area contributed by atoms with Crippen LogP contribution in [0.15, 0.2) is 89.4 Å². The van der Waals surface area contributed by atoms with Gasteiger partial charge >= 0.3 is 0 Å². The van der Waals surface area contributed by atoms with Crippen LogP contribution in [0.4, 0.5) is 11.4 Å². The van der Waals surface area contributed by atoms with Crippen LogP contribution in [0.25, 0.3) is 10.8 Å². The van der Waals surface area contributed by atoms with E-state index < -0.39 is 4.92 Å². The van der Waals surface area contributed by atoms with Crippen LogP contribution in [-0.2, 0) is 13.2 Å². The highest BCUT2D eigenvalue weighted by molar-refractivity contribution is 9.10. The molecule has 0 aliphatic heterocycles. The Hall–Kier alpha value is -3.38. The van der Waals surface area contributed by atoms with E-state index in [-0.39, 0.29) is 5.69 Å². The molecule has 0 unspecified atom stereocenters. The zero-order chi connectivity index (χ0) is 20.9. The Morgan fingerprint density at radius 1 is 0.900 bits per heavy atom. The molecule has 0 radical (unpaired) electrons. The van der Waals surface area contributed by atoms with E-state index >= 15 is 0 Å². The first kappa shape index (κ1) is 19.9. The van der Waals surface area contributed by atoms with Crippen molar-refractivity contribution in [2.75, 3.05) is 5.32 Å². The van der Waals surface area contributed by atoms with Gasteiger partial charge < -0.3 is 10.1 Å². The molecule has 0 fully saturated rings. The quantitative estimate of drug-likeness (QED) is 0.245. The van der Waals surface area contributed by atoms with E-state index in [1.54, 1.807) is 12.1 Å². The van der Waals surface area contributed by atoms with Crippen molar-refractivity contribution in [1.29, 1.82) is 0 Å². The lowest BCUT2D eigenvalue weighted by Gasteiger charge is -2.16. The fraction of sp³-hybridized carbons (Fsp3) is 0.0833. The van der Waals surface area contributed by atoms with E-state index in [4.69, 9.17) is 4.74 Å². The van der Waals surface area contributed by atoms with Crippen molar-refractivity contribution in [2.24, 2.45) is 0 Å². The lowest BCUT2D eigenvalue weighted by atomic mass is 10.0. The molecule has 0 aliphatic carbocycles. The summed E-state index contributed by atoms with van der Waals surface area (Å²) >= 11 is 3.45. The maximum absolute atomic E-state index is 10.9. The van der Waals surface area contributed by atoms with Crippen molar-refractivity contribution in [3.8, 4) is 5.75 Å². The summed E-state index contributed by atoms with van der Waals surface area (Å²) in [7, 11) is 0. The Morgan fingerprint density at radius 2 is 1.63 bits per heavy atom. The highest BCUT2D eigenvalue weighted by atomic mass is 79.9. The van der Waals surface area contributed by atoms with Gasteiger partial charge in [0.25, 0.3) is 5.69 Å². The van der Waals surface area contributed by atoms with E-state index in [2.05, 4.69) is 39.4 Å². The monoisotopic (exact) mass is 462 g/mol. The van der Waals surface area contributed by atoms with Gasteiger partial charge in [0.1, 0.15) is 12.4 Å². The Bertz CT molecular complexity index is 1180. The molecule has 150 valence electrons. The minimum atomic E-state index is -0.400. The molecule has 4 rings (SSSR count). The molecular formula is C24H19BrN2O3. The molecule has 0 atom stereocenters. The Morgan fingerprint density at radius 3 is 2.37 bits per heavy atom. The van der Waals surface area contributed by atoms with Crippen LogP contribution in [0.1, 0.15) is 11.1 Å². The summed E-state index contributed by atoms with van der Waals surface area (Å²) in [6.07, 6.45) is 0. The van der Waals surface area contributed by atoms with Crippen molar-refractivity contribution in [3.63, 3.8) is 0 Å². The highest BCUT2D eigenvalue weighted by Gasteiger charge is 2.10. The number of benzene rings is 4. The van der Waals surface area contributed by atoms with Crippen molar-refractivity contribution < 1.29 is 9.66 Å². The van der Waals surface area contributed by atoms with Gasteiger partial charge in [-0.15, -0.1) is 0 Å². The standard InChI is InChI=1S/C24H19BrN2O3/c25-19-8-5-17(6-9-19)16-30-24-14-7-18-3-1-2-4-22(18)23(24)15-26-20-10-12-21(13-11-20)27(28)29/h1-14,26H,15-16H2. The smallest absolute Gasteiger partial charge is 0.269 e. The molecule has 0 saturated heterocycles. The number of nitro groups is 1. The normalized spacial score (nSPS) is 10.7. The third-order valence-corrected chi connectivity index (χ3v) is 5.38. The summed E-state index contributed by atoms with van der Waals surface area (Å²) in [5.74, 6) is 0.811. The number of rotatable bonds is 7. The van der Waals surface area contributed by atoms with E-state index in [1.165, 1.54) is 12.1 Å². The van der Waals surface area contributed by atoms with Gasteiger partial charge in [0.2, 0.25) is 0 Å². The summed E-state index contributed by atoms with van der Waals surface area (Å²) in [6, 6.07) is 26.7. The van der Waals surface area contributed by atoms with Crippen LogP contribution in [0.2, 0.25) is 0 Å². The van der Waals surface area contributed by atoms with Crippen molar-refractivity contribution in [3.05, 3.63) is 111 Å². The summed E-state index contributed by atoms with van der Waals surface area (Å²) in [5, 5.41) is 16.5. The van der Waals surface area contributed by atoms with E-state index in [0.29, 0.717) is 13.2 Å². The van der Waals surface area contributed by atoms with Gasteiger partial charge in [0.05, 0.1) is 4.92 Å². The lowest BCUT2D eigenvalue weighted by molar-refractivity contribution is -0.384. The number of fused-ring (bicyclic) bond motifs is 1. The number of hydrogen-bond donors (Lipinski definition) is 1. The average molecular weight is 463 g/mol. The van der Waals surface area contributed by atoms with Gasteiger partial charge in [-0.05, 0) is 46.7 Å². The van der Waals surface area contributed by atoms with E-state index in [9.17, 15) is 10.1 Å². The molecule has 0 aliphatic rings. The topological polar surface area (TPSA) is 64.4 Å². The first-order chi connectivity index (χ1) is 14.6. The number of non-ortho nitro benzene ring substituents is 1. The van der Waals surface area contributed by atoms with Crippen LogP contribution in [0.3, 0.4) is 0 Å². The second-order valence-electron chi connectivity index (χ2n) is 6.84. The molecular weight excluding hydrogens is 444 g/mol. The van der Waals surface area contributed by atoms with Crippen molar-refractivity contribution in [2.45, 2.75) is 13.2 Å². The predicted octanol–water partition coefficient (Wildman–Crippen LogP) is 6.70. The number of ether oxygens (including phenoxy) is 1. The minimum absolute atomic E-state index is 0.0734. The molecule has 0 spiro atoms. The predicted molar refractivity (Wildman–Crippen MR) is 123 cm³/mol.